The van der Waals surface area contributed by atoms with Gasteiger partial charge in [0.25, 0.3) is 5.91 Å². The fourth-order valence-corrected chi connectivity index (χ4v) is 4.38. The number of benzene rings is 1. The van der Waals surface area contributed by atoms with Crippen LogP contribution in [0.3, 0.4) is 0 Å². The molecule has 0 unspecified atom stereocenters. The third kappa shape index (κ3) is 2.91. The smallest absolute Gasteiger partial charge is 0.311 e. The zero-order valence-electron chi connectivity index (χ0n) is 15.1. The van der Waals surface area contributed by atoms with E-state index < -0.39 is 11.4 Å². The highest BCUT2D eigenvalue weighted by Gasteiger charge is 2.56. The molecule has 2 saturated carbocycles. The molecular formula is C20H25NO5. The Morgan fingerprint density at radius 3 is 2.77 bits per heavy atom. The average molecular weight is 359 g/mol. The van der Waals surface area contributed by atoms with Crippen LogP contribution in [-0.2, 0) is 4.79 Å². The molecule has 1 amide bonds. The van der Waals surface area contributed by atoms with E-state index >= 15 is 0 Å². The lowest BCUT2D eigenvalue weighted by Crippen LogP contribution is -2.37. The Morgan fingerprint density at radius 1 is 1.31 bits per heavy atom. The summed E-state index contributed by atoms with van der Waals surface area (Å²) >= 11 is 0. The number of carboxylic acids is 1. The van der Waals surface area contributed by atoms with Crippen molar-refractivity contribution in [1.82, 2.24) is 4.90 Å². The second-order valence-electron chi connectivity index (χ2n) is 7.85. The number of nitrogens with zero attached hydrogens (tertiary/aromatic N) is 1. The van der Waals surface area contributed by atoms with Gasteiger partial charge in [0, 0.05) is 19.2 Å². The fourth-order valence-electron chi connectivity index (χ4n) is 4.38. The molecule has 4 rings (SSSR count). The Labute approximate surface area is 153 Å². The van der Waals surface area contributed by atoms with E-state index in [0.717, 1.165) is 12.8 Å². The SMILES string of the molecule is COc1ccc(C(=O)N2C[C@@H]3CCC[C@@]3(C(=O)O)C2)c(OCC2CC2)c1. The quantitative estimate of drug-likeness (QED) is 0.845. The number of aliphatic carboxylic acids is 1. The number of methoxy groups -OCH3 is 1. The van der Waals surface area contributed by atoms with E-state index in [1.807, 2.05) is 0 Å². The topological polar surface area (TPSA) is 76.1 Å². The Hall–Kier alpha value is -2.24. The van der Waals surface area contributed by atoms with Gasteiger partial charge >= 0.3 is 5.97 Å². The molecule has 1 heterocycles. The number of carbonyl (C=O) groups is 2. The van der Waals surface area contributed by atoms with E-state index in [4.69, 9.17) is 9.47 Å². The summed E-state index contributed by atoms with van der Waals surface area (Å²) in [7, 11) is 1.58. The van der Waals surface area contributed by atoms with Gasteiger partial charge < -0.3 is 19.5 Å². The number of carbonyl (C=O) groups excluding carboxylic acids is 1. The largest absolute Gasteiger partial charge is 0.497 e. The maximum atomic E-state index is 13.1. The summed E-state index contributed by atoms with van der Waals surface area (Å²) in [5.74, 6) is 0.891. The molecule has 2 atom stereocenters. The van der Waals surface area contributed by atoms with Gasteiger partial charge in [0.15, 0.2) is 0 Å². The van der Waals surface area contributed by atoms with Crippen LogP contribution in [0.5, 0.6) is 11.5 Å². The van der Waals surface area contributed by atoms with E-state index in [1.54, 1.807) is 30.2 Å². The molecular weight excluding hydrogens is 334 g/mol. The number of ether oxygens (including phenoxy) is 2. The number of rotatable bonds is 6. The maximum absolute atomic E-state index is 13.1. The predicted molar refractivity (Wildman–Crippen MR) is 94.5 cm³/mol. The van der Waals surface area contributed by atoms with Gasteiger partial charge in [0.2, 0.25) is 0 Å². The first-order valence-corrected chi connectivity index (χ1v) is 9.37. The molecule has 3 aliphatic rings. The maximum Gasteiger partial charge on any atom is 0.311 e. The Bertz CT molecular complexity index is 729. The monoisotopic (exact) mass is 359 g/mol. The summed E-state index contributed by atoms with van der Waals surface area (Å²) in [6.45, 7) is 1.41. The molecule has 6 heteroatoms. The van der Waals surface area contributed by atoms with E-state index in [0.29, 0.717) is 49.1 Å². The Balaban J connectivity index is 1.57. The van der Waals surface area contributed by atoms with Crippen LogP contribution in [0.2, 0.25) is 0 Å². The van der Waals surface area contributed by atoms with E-state index in [9.17, 15) is 14.7 Å². The number of hydrogen-bond donors (Lipinski definition) is 1. The average Bonchev–Trinajstić information content (AvgIpc) is 3.25. The number of amides is 1. The first-order valence-electron chi connectivity index (χ1n) is 9.37. The van der Waals surface area contributed by atoms with Crippen LogP contribution in [-0.4, -0.2) is 48.7 Å². The molecule has 1 aliphatic heterocycles. The zero-order chi connectivity index (χ0) is 18.3. The molecule has 3 fully saturated rings. The predicted octanol–water partition coefficient (Wildman–Crippen LogP) is 2.81. The normalized spacial score (nSPS) is 27.3. The summed E-state index contributed by atoms with van der Waals surface area (Å²) in [5.41, 5.74) is -0.274. The van der Waals surface area contributed by atoms with Gasteiger partial charge in [-0.3, -0.25) is 9.59 Å². The van der Waals surface area contributed by atoms with Gasteiger partial charge in [0.1, 0.15) is 11.5 Å². The highest BCUT2D eigenvalue weighted by molar-refractivity contribution is 5.98. The first kappa shape index (κ1) is 17.2. The number of likely N-dealkylation sites (tertiary alicyclic amines) is 1. The first-order chi connectivity index (χ1) is 12.5. The second-order valence-corrected chi connectivity index (χ2v) is 7.85. The Kier molecular flexibility index (Phi) is 4.29. The molecule has 6 nitrogen and oxygen atoms in total. The van der Waals surface area contributed by atoms with Crippen molar-refractivity contribution in [3.05, 3.63) is 23.8 Å². The van der Waals surface area contributed by atoms with Gasteiger partial charge in [-0.25, -0.2) is 0 Å². The van der Waals surface area contributed by atoms with Crippen molar-refractivity contribution in [2.45, 2.75) is 32.1 Å². The van der Waals surface area contributed by atoms with Gasteiger partial charge in [-0.1, -0.05) is 6.42 Å². The molecule has 1 saturated heterocycles. The van der Waals surface area contributed by atoms with E-state index in [1.165, 1.54) is 12.8 Å². The minimum absolute atomic E-state index is 0.0537. The third-order valence-corrected chi connectivity index (χ3v) is 6.17. The van der Waals surface area contributed by atoms with Crippen molar-refractivity contribution in [2.24, 2.45) is 17.3 Å². The highest BCUT2D eigenvalue weighted by Crippen LogP contribution is 2.49. The number of carboxylic acid groups (broad SMARTS) is 1. The van der Waals surface area contributed by atoms with Crippen molar-refractivity contribution in [1.29, 1.82) is 0 Å². The number of fused-ring (bicyclic) bond motifs is 1. The summed E-state index contributed by atoms with van der Waals surface area (Å²) in [5, 5.41) is 9.74. The van der Waals surface area contributed by atoms with Crippen LogP contribution in [0.1, 0.15) is 42.5 Å². The fraction of sp³-hybridized carbons (Fsp3) is 0.600. The molecule has 26 heavy (non-hydrogen) atoms. The van der Waals surface area contributed by atoms with Crippen LogP contribution in [0, 0.1) is 17.3 Å². The van der Waals surface area contributed by atoms with Crippen LogP contribution in [0.25, 0.3) is 0 Å². The van der Waals surface area contributed by atoms with E-state index in [-0.39, 0.29) is 11.8 Å². The molecule has 140 valence electrons. The van der Waals surface area contributed by atoms with Crippen molar-refractivity contribution in [3.63, 3.8) is 0 Å². The van der Waals surface area contributed by atoms with Crippen molar-refractivity contribution >= 4 is 11.9 Å². The van der Waals surface area contributed by atoms with Crippen LogP contribution < -0.4 is 9.47 Å². The van der Waals surface area contributed by atoms with E-state index in [2.05, 4.69) is 0 Å². The molecule has 1 aromatic carbocycles. The molecule has 0 spiro atoms. The Morgan fingerprint density at radius 2 is 2.12 bits per heavy atom. The lowest BCUT2D eigenvalue weighted by atomic mass is 9.81. The van der Waals surface area contributed by atoms with Crippen molar-refractivity contribution < 1.29 is 24.2 Å². The minimum atomic E-state index is -0.768. The zero-order valence-corrected chi connectivity index (χ0v) is 15.1. The second kappa shape index (κ2) is 6.49. The van der Waals surface area contributed by atoms with Gasteiger partial charge in [-0.15, -0.1) is 0 Å². The highest BCUT2D eigenvalue weighted by atomic mass is 16.5. The van der Waals surface area contributed by atoms with Crippen molar-refractivity contribution in [2.75, 3.05) is 26.8 Å². The summed E-state index contributed by atoms with van der Waals surface area (Å²) in [4.78, 5) is 26.7. The standard InChI is InChI=1S/C20H25NO5/c1-25-15-6-7-16(17(9-15)26-11-13-4-5-13)18(22)21-10-14-3-2-8-20(14,12-21)19(23)24/h6-7,9,13-14H,2-5,8,10-12H2,1H3,(H,23,24)/t14-,20+/m0/s1. The van der Waals surface area contributed by atoms with Gasteiger partial charge in [-0.05, 0) is 49.7 Å². The number of hydrogen-bond acceptors (Lipinski definition) is 4. The summed E-state index contributed by atoms with van der Waals surface area (Å²) < 4.78 is 11.2. The lowest BCUT2D eigenvalue weighted by molar-refractivity contribution is -0.149. The van der Waals surface area contributed by atoms with Crippen LogP contribution in [0.15, 0.2) is 18.2 Å². The molecule has 0 aromatic heterocycles. The van der Waals surface area contributed by atoms with Crippen LogP contribution in [0.4, 0.5) is 0 Å². The lowest BCUT2D eigenvalue weighted by Gasteiger charge is -2.23. The third-order valence-electron chi connectivity index (χ3n) is 6.17. The summed E-state index contributed by atoms with van der Waals surface area (Å²) in [6.07, 6.45) is 4.80. The molecule has 1 N–H and O–H groups in total. The van der Waals surface area contributed by atoms with Crippen molar-refractivity contribution in [3.8, 4) is 11.5 Å². The van der Waals surface area contributed by atoms with Gasteiger partial charge in [0.05, 0.1) is 24.7 Å². The van der Waals surface area contributed by atoms with Gasteiger partial charge in [-0.2, -0.15) is 0 Å². The molecule has 0 bridgehead atoms. The molecule has 2 aliphatic carbocycles. The summed E-state index contributed by atoms with van der Waals surface area (Å²) in [6, 6.07) is 5.23. The van der Waals surface area contributed by atoms with Crippen LogP contribution >= 0.6 is 0 Å². The minimum Gasteiger partial charge on any atom is -0.497 e. The molecule has 1 aromatic rings. The molecule has 0 radical (unpaired) electrons.